The molecule has 126 valence electrons. The van der Waals surface area contributed by atoms with Crippen molar-refractivity contribution >= 4 is 5.91 Å². The molecule has 1 aliphatic heterocycles. The van der Waals surface area contributed by atoms with Crippen LogP contribution in [0.5, 0.6) is 11.6 Å². The number of hydrogen-bond donors (Lipinski definition) is 1. The molecule has 0 radical (unpaired) electrons. The molecule has 6 heteroatoms. The normalized spacial score (nSPS) is 16.6. The quantitative estimate of drug-likeness (QED) is 0.880. The van der Waals surface area contributed by atoms with Gasteiger partial charge in [-0.3, -0.25) is 4.79 Å². The number of carbonyl (C=O) groups excluding carboxylic acids is 1. The predicted molar refractivity (Wildman–Crippen MR) is 88.3 cm³/mol. The Morgan fingerprint density at radius 1 is 1.29 bits per heavy atom. The van der Waals surface area contributed by atoms with E-state index in [0.29, 0.717) is 24.6 Å². The van der Waals surface area contributed by atoms with Gasteiger partial charge < -0.3 is 19.5 Å². The molecule has 1 atom stereocenters. The Labute approximate surface area is 140 Å². The fourth-order valence-electron chi connectivity index (χ4n) is 2.39. The van der Waals surface area contributed by atoms with Crippen LogP contribution in [0.2, 0.25) is 0 Å². The van der Waals surface area contributed by atoms with E-state index in [1.165, 1.54) is 6.20 Å². The van der Waals surface area contributed by atoms with E-state index in [4.69, 9.17) is 14.2 Å². The van der Waals surface area contributed by atoms with Crippen molar-refractivity contribution in [3.05, 3.63) is 53.7 Å². The van der Waals surface area contributed by atoms with Crippen LogP contribution in [0.4, 0.5) is 0 Å². The van der Waals surface area contributed by atoms with Gasteiger partial charge in [0.05, 0.1) is 25.9 Å². The SMILES string of the molecule is COc1ccc(CNC(=O)c2ccc(OC3CCOC3)nc2)cc1. The molecule has 2 aromatic rings. The van der Waals surface area contributed by atoms with Crippen molar-refractivity contribution in [3.63, 3.8) is 0 Å². The lowest BCUT2D eigenvalue weighted by Gasteiger charge is -2.11. The Balaban J connectivity index is 1.52. The number of pyridine rings is 1. The molecular weight excluding hydrogens is 308 g/mol. The van der Waals surface area contributed by atoms with Crippen LogP contribution in [0.15, 0.2) is 42.6 Å². The van der Waals surface area contributed by atoms with Gasteiger partial charge in [0.25, 0.3) is 5.91 Å². The van der Waals surface area contributed by atoms with Crippen LogP contribution >= 0.6 is 0 Å². The van der Waals surface area contributed by atoms with Crippen molar-refractivity contribution in [2.75, 3.05) is 20.3 Å². The Bertz CT molecular complexity index is 664. The topological polar surface area (TPSA) is 69.7 Å². The van der Waals surface area contributed by atoms with Gasteiger partial charge in [-0.1, -0.05) is 12.1 Å². The number of aromatic nitrogens is 1. The molecule has 24 heavy (non-hydrogen) atoms. The van der Waals surface area contributed by atoms with Gasteiger partial charge in [-0.25, -0.2) is 4.98 Å². The van der Waals surface area contributed by atoms with Crippen molar-refractivity contribution in [1.29, 1.82) is 0 Å². The molecule has 0 aliphatic carbocycles. The van der Waals surface area contributed by atoms with Gasteiger partial charge in [0.2, 0.25) is 5.88 Å². The standard InChI is InChI=1S/C18H20N2O4/c1-22-15-5-2-13(3-6-15)10-20-18(21)14-4-7-17(19-11-14)24-16-8-9-23-12-16/h2-7,11,16H,8-10,12H2,1H3,(H,20,21). The third-order valence-corrected chi connectivity index (χ3v) is 3.79. The summed E-state index contributed by atoms with van der Waals surface area (Å²) in [6.45, 7) is 1.75. The summed E-state index contributed by atoms with van der Waals surface area (Å²) in [7, 11) is 1.62. The van der Waals surface area contributed by atoms with Gasteiger partial charge in [-0.05, 0) is 23.8 Å². The molecule has 2 heterocycles. The van der Waals surface area contributed by atoms with E-state index in [1.54, 1.807) is 19.2 Å². The fraction of sp³-hybridized carbons (Fsp3) is 0.333. The maximum atomic E-state index is 12.2. The highest BCUT2D eigenvalue weighted by Crippen LogP contribution is 2.15. The summed E-state index contributed by atoms with van der Waals surface area (Å²) in [6, 6.07) is 11.0. The minimum atomic E-state index is -0.172. The van der Waals surface area contributed by atoms with Crippen LogP contribution in [0.25, 0.3) is 0 Å². The number of ether oxygens (including phenoxy) is 3. The first-order chi connectivity index (χ1) is 11.7. The number of hydrogen-bond acceptors (Lipinski definition) is 5. The smallest absolute Gasteiger partial charge is 0.253 e. The summed E-state index contributed by atoms with van der Waals surface area (Å²) in [5.74, 6) is 1.13. The minimum absolute atomic E-state index is 0.0484. The zero-order valence-corrected chi connectivity index (χ0v) is 13.5. The van der Waals surface area contributed by atoms with Crippen LogP contribution in [-0.2, 0) is 11.3 Å². The highest BCUT2D eigenvalue weighted by Gasteiger charge is 2.17. The molecule has 1 aliphatic rings. The molecule has 1 amide bonds. The first-order valence-corrected chi connectivity index (χ1v) is 7.86. The summed E-state index contributed by atoms with van der Waals surface area (Å²) in [5.41, 5.74) is 1.50. The highest BCUT2D eigenvalue weighted by molar-refractivity contribution is 5.93. The Morgan fingerprint density at radius 3 is 2.75 bits per heavy atom. The number of carbonyl (C=O) groups is 1. The summed E-state index contributed by atoms with van der Waals surface area (Å²) >= 11 is 0. The van der Waals surface area contributed by atoms with Gasteiger partial charge in [0.1, 0.15) is 11.9 Å². The molecule has 1 saturated heterocycles. The number of benzene rings is 1. The second-order valence-electron chi connectivity index (χ2n) is 5.52. The van der Waals surface area contributed by atoms with E-state index in [9.17, 15) is 4.79 Å². The van der Waals surface area contributed by atoms with E-state index in [0.717, 1.165) is 24.3 Å². The Morgan fingerprint density at radius 2 is 2.12 bits per heavy atom. The fourth-order valence-corrected chi connectivity index (χ4v) is 2.39. The second-order valence-corrected chi connectivity index (χ2v) is 5.52. The lowest BCUT2D eigenvalue weighted by Crippen LogP contribution is -2.23. The molecule has 1 unspecified atom stereocenters. The lowest BCUT2D eigenvalue weighted by atomic mass is 10.2. The van der Waals surface area contributed by atoms with Crippen molar-refractivity contribution in [2.24, 2.45) is 0 Å². The van der Waals surface area contributed by atoms with Gasteiger partial charge >= 0.3 is 0 Å². The number of nitrogens with zero attached hydrogens (tertiary/aromatic N) is 1. The maximum Gasteiger partial charge on any atom is 0.253 e. The molecule has 0 bridgehead atoms. The summed E-state index contributed by atoms with van der Waals surface area (Å²) in [6.07, 6.45) is 2.44. The van der Waals surface area contributed by atoms with Crippen molar-refractivity contribution in [3.8, 4) is 11.6 Å². The van der Waals surface area contributed by atoms with Crippen LogP contribution in [0.3, 0.4) is 0 Å². The van der Waals surface area contributed by atoms with Gasteiger partial charge in [-0.15, -0.1) is 0 Å². The van der Waals surface area contributed by atoms with Gasteiger partial charge in [0.15, 0.2) is 0 Å². The summed E-state index contributed by atoms with van der Waals surface area (Å²) in [5, 5.41) is 2.86. The first-order valence-electron chi connectivity index (χ1n) is 7.86. The Hall–Kier alpha value is -2.60. The molecule has 1 N–H and O–H groups in total. The monoisotopic (exact) mass is 328 g/mol. The van der Waals surface area contributed by atoms with Crippen LogP contribution in [0, 0.1) is 0 Å². The summed E-state index contributed by atoms with van der Waals surface area (Å²) < 4.78 is 16.0. The molecule has 6 nitrogen and oxygen atoms in total. The van der Waals surface area contributed by atoms with E-state index in [-0.39, 0.29) is 12.0 Å². The number of rotatable bonds is 6. The zero-order valence-electron chi connectivity index (χ0n) is 13.5. The highest BCUT2D eigenvalue weighted by atomic mass is 16.5. The summed E-state index contributed by atoms with van der Waals surface area (Å²) in [4.78, 5) is 16.3. The second kappa shape index (κ2) is 7.79. The van der Waals surface area contributed by atoms with Gasteiger partial charge in [0, 0.05) is 25.2 Å². The molecule has 0 saturated carbocycles. The largest absolute Gasteiger partial charge is 0.497 e. The molecule has 1 aromatic carbocycles. The van der Waals surface area contributed by atoms with E-state index >= 15 is 0 Å². The van der Waals surface area contributed by atoms with Crippen molar-refractivity contribution in [2.45, 2.75) is 19.1 Å². The van der Waals surface area contributed by atoms with Gasteiger partial charge in [-0.2, -0.15) is 0 Å². The van der Waals surface area contributed by atoms with E-state index in [1.807, 2.05) is 24.3 Å². The zero-order chi connectivity index (χ0) is 16.8. The first kappa shape index (κ1) is 16.3. The molecule has 0 spiro atoms. The average molecular weight is 328 g/mol. The van der Waals surface area contributed by atoms with Crippen LogP contribution in [0.1, 0.15) is 22.3 Å². The molecular formula is C18H20N2O4. The molecule has 1 fully saturated rings. The maximum absolute atomic E-state index is 12.2. The molecule has 1 aromatic heterocycles. The van der Waals surface area contributed by atoms with E-state index < -0.39 is 0 Å². The molecule has 3 rings (SSSR count). The van der Waals surface area contributed by atoms with Crippen LogP contribution in [-0.4, -0.2) is 37.3 Å². The lowest BCUT2D eigenvalue weighted by molar-refractivity contribution is 0.0950. The average Bonchev–Trinajstić information content (AvgIpc) is 3.14. The number of nitrogens with one attached hydrogen (secondary N) is 1. The number of methoxy groups -OCH3 is 1. The third-order valence-electron chi connectivity index (χ3n) is 3.79. The number of amides is 1. The van der Waals surface area contributed by atoms with Crippen molar-refractivity contribution < 1.29 is 19.0 Å². The van der Waals surface area contributed by atoms with Crippen LogP contribution < -0.4 is 14.8 Å². The predicted octanol–water partition coefficient (Wildman–Crippen LogP) is 2.19. The van der Waals surface area contributed by atoms with E-state index in [2.05, 4.69) is 10.3 Å². The minimum Gasteiger partial charge on any atom is -0.497 e. The van der Waals surface area contributed by atoms with Crippen molar-refractivity contribution in [1.82, 2.24) is 10.3 Å². The Kier molecular flexibility index (Phi) is 5.28. The third kappa shape index (κ3) is 4.23.